The maximum absolute atomic E-state index is 13.1. The van der Waals surface area contributed by atoms with E-state index in [0.29, 0.717) is 19.6 Å². The van der Waals surface area contributed by atoms with Gasteiger partial charge in [0.2, 0.25) is 21.8 Å². The highest BCUT2D eigenvalue weighted by Crippen LogP contribution is 2.21. The molecule has 0 atom stereocenters. The summed E-state index contributed by atoms with van der Waals surface area (Å²) in [5.41, 5.74) is 2.38. The predicted octanol–water partition coefficient (Wildman–Crippen LogP) is 2.87. The van der Waals surface area contributed by atoms with Crippen LogP contribution in [0.15, 0.2) is 54.6 Å². The van der Waals surface area contributed by atoms with Crippen molar-refractivity contribution < 1.29 is 18.0 Å². The molecule has 0 radical (unpaired) electrons. The molecule has 2 amide bonds. The summed E-state index contributed by atoms with van der Waals surface area (Å²) in [4.78, 5) is 27.2. The highest BCUT2D eigenvalue weighted by Gasteiger charge is 2.27. The predicted molar refractivity (Wildman–Crippen MR) is 125 cm³/mol. The quantitative estimate of drug-likeness (QED) is 0.611. The van der Waals surface area contributed by atoms with Crippen molar-refractivity contribution in [2.24, 2.45) is 5.92 Å². The highest BCUT2D eigenvalue weighted by molar-refractivity contribution is 7.88. The molecule has 0 spiro atoms. The molecule has 0 unspecified atom stereocenters. The molecule has 0 saturated carbocycles. The van der Waals surface area contributed by atoms with E-state index in [4.69, 9.17) is 0 Å². The zero-order chi connectivity index (χ0) is 23.3. The molecule has 8 heteroatoms. The second-order valence-electron chi connectivity index (χ2n) is 8.58. The number of amides is 2. The second-order valence-corrected chi connectivity index (χ2v) is 10.5. The number of rotatable bonds is 8. The summed E-state index contributed by atoms with van der Waals surface area (Å²) in [5, 5.41) is 0. The Morgan fingerprint density at radius 1 is 1.00 bits per heavy atom. The summed E-state index contributed by atoms with van der Waals surface area (Å²) in [6.45, 7) is 7.21. The molecule has 3 rings (SSSR count). The first-order chi connectivity index (χ1) is 15.2. The fourth-order valence-electron chi connectivity index (χ4n) is 3.76. The molecule has 1 aliphatic heterocycles. The first-order valence-electron chi connectivity index (χ1n) is 10.8. The van der Waals surface area contributed by atoms with Crippen LogP contribution in [0.2, 0.25) is 0 Å². The van der Waals surface area contributed by atoms with E-state index in [1.165, 1.54) is 16.1 Å². The third-order valence-electron chi connectivity index (χ3n) is 5.43. The average Bonchev–Trinajstić information content (AvgIpc) is 2.74. The van der Waals surface area contributed by atoms with E-state index in [-0.39, 0.29) is 36.6 Å². The Bertz CT molecular complexity index is 1040. The van der Waals surface area contributed by atoms with E-state index in [1.54, 1.807) is 4.90 Å². The van der Waals surface area contributed by atoms with E-state index >= 15 is 0 Å². The lowest BCUT2D eigenvalue weighted by molar-refractivity contribution is -0.135. The molecule has 0 bridgehead atoms. The van der Waals surface area contributed by atoms with Gasteiger partial charge in [-0.3, -0.25) is 9.59 Å². The van der Waals surface area contributed by atoms with Gasteiger partial charge in [0.15, 0.2) is 0 Å². The van der Waals surface area contributed by atoms with Gasteiger partial charge in [0.25, 0.3) is 0 Å². The molecule has 0 N–H and O–H groups in total. The summed E-state index contributed by atoms with van der Waals surface area (Å²) in [6, 6.07) is 16.6. The van der Waals surface area contributed by atoms with Gasteiger partial charge >= 0.3 is 0 Å². The van der Waals surface area contributed by atoms with Crippen LogP contribution < -0.4 is 4.90 Å². The van der Waals surface area contributed by atoms with Crippen molar-refractivity contribution in [2.75, 3.05) is 31.1 Å². The lowest BCUT2D eigenvalue weighted by Gasteiger charge is -2.34. The first kappa shape index (κ1) is 23.9. The Hall–Kier alpha value is -2.71. The fourth-order valence-corrected chi connectivity index (χ4v) is 5.43. The Labute approximate surface area is 190 Å². The van der Waals surface area contributed by atoms with Gasteiger partial charge in [0.05, 0.1) is 5.75 Å². The van der Waals surface area contributed by atoms with Crippen molar-refractivity contribution in [1.82, 2.24) is 9.21 Å². The number of hydrogen-bond donors (Lipinski definition) is 0. The minimum Gasteiger partial charge on any atom is -0.332 e. The van der Waals surface area contributed by atoms with Gasteiger partial charge in [-0.05, 0) is 29.2 Å². The Balaban J connectivity index is 1.72. The lowest BCUT2D eigenvalue weighted by Crippen LogP contribution is -2.51. The van der Waals surface area contributed by atoms with E-state index in [9.17, 15) is 18.0 Å². The van der Waals surface area contributed by atoms with Gasteiger partial charge < -0.3 is 9.80 Å². The van der Waals surface area contributed by atoms with E-state index < -0.39 is 10.0 Å². The summed E-state index contributed by atoms with van der Waals surface area (Å²) in [7, 11) is -3.49. The van der Waals surface area contributed by atoms with Crippen molar-refractivity contribution in [1.29, 1.82) is 0 Å². The van der Waals surface area contributed by atoms with Crippen LogP contribution in [0, 0.1) is 5.92 Å². The topological polar surface area (TPSA) is 78.0 Å². The Morgan fingerprint density at radius 2 is 1.66 bits per heavy atom. The Morgan fingerprint density at radius 3 is 2.22 bits per heavy atom. The molecular formula is C24H31N3O4S. The van der Waals surface area contributed by atoms with Crippen molar-refractivity contribution in [2.45, 2.75) is 33.1 Å². The molecule has 1 heterocycles. The molecule has 0 aromatic heterocycles. The normalized spacial score (nSPS) is 15.0. The number of piperazine rings is 1. The number of benzene rings is 2. The summed E-state index contributed by atoms with van der Waals surface area (Å²) in [5.74, 6) is -0.0653. The summed E-state index contributed by atoms with van der Waals surface area (Å²) in [6.07, 6.45) is 0. The van der Waals surface area contributed by atoms with Gasteiger partial charge in [-0.1, -0.05) is 56.3 Å². The van der Waals surface area contributed by atoms with Crippen molar-refractivity contribution in [3.63, 3.8) is 0 Å². The number of anilines is 1. The molecule has 1 saturated heterocycles. The van der Waals surface area contributed by atoms with E-state index in [0.717, 1.165) is 16.8 Å². The third-order valence-corrected chi connectivity index (χ3v) is 7.19. The molecule has 7 nitrogen and oxygen atoms in total. The number of hydrogen-bond acceptors (Lipinski definition) is 4. The summed E-state index contributed by atoms with van der Waals surface area (Å²) >= 11 is 0. The molecule has 1 aliphatic rings. The molecular weight excluding hydrogens is 426 g/mol. The molecule has 2 aromatic rings. The van der Waals surface area contributed by atoms with Gasteiger partial charge in [-0.15, -0.1) is 0 Å². The van der Waals surface area contributed by atoms with Gasteiger partial charge in [0, 0.05) is 38.8 Å². The van der Waals surface area contributed by atoms with Crippen LogP contribution in [0.3, 0.4) is 0 Å². The maximum Gasteiger partial charge on any atom is 0.246 e. The SMILES string of the molecule is CC(=O)N1CCN(c2ccc(CN(CC(C)C)S(=O)(=O)Cc3ccccc3)cc2)C(=O)C1. The van der Waals surface area contributed by atoms with E-state index in [2.05, 4.69) is 0 Å². The van der Waals surface area contributed by atoms with Crippen LogP contribution in [0.25, 0.3) is 0 Å². The number of sulfonamides is 1. The van der Waals surface area contributed by atoms with Crippen LogP contribution in [0.1, 0.15) is 31.9 Å². The molecule has 0 aliphatic carbocycles. The van der Waals surface area contributed by atoms with Gasteiger partial charge in [-0.25, -0.2) is 8.42 Å². The highest BCUT2D eigenvalue weighted by atomic mass is 32.2. The van der Waals surface area contributed by atoms with E-state index in [1.807, 2.05) is 68.4 Å². The van der Waals surface area contributed by atoms with Crippen LogP contribution >= 0.6 is 0 Å². The second kappa shape index (κ2) is 10.3. The minimum atomic E-state index is -3.49. The zero-order valence-electron chi connectivity index (χ0n) is 18.9. The van der Waals surface area contributed by atoms with Crippen LogP contribution in [0.4, 0.5) is 5.69 Å². The van der Waals surface area contributed by atoms with Gasteiger partial charge in [-0.2, -0.15) is 4.31 Å². The minimum absolute atomic E-state index is 0.0342. The lowest BCUT2D eigenvalue weighted by atomic mass is 10.1. The van der Waals surface area contributed by atoms with Gasteiger partial charge in [0.1, 0.15) is 6.54 Å². The number of nitrogens with zero attached hydrogens (tertiary/aromatic N) is 3. The molecule has 172 valence electrons. The maximum atomic E-state index is 13.1. The first-order valence-corrected chi connectivity index (χ1v) is 12.4. The number of carbonyl (C=O) groups is 2. The number of carbonyl (C=O) groups excluding carboxylic acids is 2. The molecule has 2 aromatic carbocycles. The molecule has 1 fully saturated rings. The van der Waals surface area contributed by atoms with Crippen molar-refractivity contribution in [3.8, 4) is 0 Å². The smallest absolute Gasteiger partial charge is 0.246 e. The van der Waals surface area contributed by atoms with Crippen LogP contribution in [0.5, 0.6) is 0 Å². The Kier molecular flexibility index (Phi) is 7.69. The largest absolute Gasteiger partial charge is 0.332 e. The zero-order valence-corrected chi connectivity index (χ0v) is 19.7. The summed E-state index contributed by atoms with van der Waals surface area (Å²) < 4.78 is 27.8. The standard InChI is InChI=1S/C24H31N3O4S/c1-19(2)15-26(32(30,31)18-22-7-5-4-6-8-22)16-21-9-11-23(12-10-21)27-14-13-25(20(3)28)17-24(27)29/h4-12,19H,13-18H2,1-3H3. The molecule has 32 heavy (non-hydrogen) atoms. The fraction of sp³-hybridized carbons (Fsp3) is 0.417. The average molecular weight is 458 g/mol. The van der Waals surface area contributed by atoms with Crippen molar-refractivity contribution in [3.05, 3.63) is 65.7 Å². The monoisotopic (exact) mass is 457 g/mol. The van der Waals surface area contributed by atoms with Crippen LogP contribution in [-0.4, -0.2) is 55.6 Å². The third kappa shape index (κ3) is 6.17. The van der Waals surface area contributed by atoms with Crippen molar-refractivity contribution >= 4 is 27.5 Å². The van der Waals surface area contributed by atoms with Crippen LogP contribution in [-0.2, 0) is 31.9 Å².